The van der Waals surface area contributed by atoms with Crippen LogP contribution in [0.1, 0.15) is 6.42 Å². The fourth-order valence-corrected chi connectivity index (χ4v) is 1.82. The van der Waals surface area contributed by atoms with E-state index in [2.05, 4.69) is 15.9 Å². The molecule has 5 heteroatoms. The fourth-order valence-electron chi connectivity index (χ4n) is 1.41. The van der Waals surface area contributed by atoms with Gasteiger partial charge in [-0.05, 0) is 24.6 Å². The van der Waals surface area contributed by atoms with Crippen LogP contribution < -0.4 is 4.74 Å². The average molecular weight is 295 g/mol. The van der Waals surface area contributed by atoms with Gasteiger partial charge in [0.1, 0.15) is 11.5 Å². The predicted octanol–water partition coefficient (Wildman–Crippen LogP) is 3.74. The minimum absolute atomic E-state index is 0.0218. The second-order valence-electron chi connectivity index (χ2n) is 3.43. The molecule has 1 radical (unpaired) electrons. The minimum Gasteiger partial charge on any atom is -0.457 e. The Morgan fingerprint density at radius 1 is 1.41 bits per heavy atom. The summed E-state index contributed by atoms with van der Waals surface area (Å²) in [6, 6.07) is 6.12. The summed E-state index contributed by atoms with van der Waals surface area (Å²) in [6.07, 6.45) is 6.51. The van der Waals surface area contributed by atoms with Gasteiger partial charge in [-0.2, -0.15) is 0 Å². The fraction of sp³-hybridized carbons (Fsp3) is 0.0833. The van der Waals surface area contributed by atoms with Crippen LogP contribution in [0.4, 0.5) is 5.69 Å². The number of ether oxygens (including phenoxy) is 1. The lowest BCUT2D eigenvalue weighted by Gasteiger charge is -2.10. The smallest absolute Gasteiger partial charge is 0.273 e. The molecule has 0 fully saturated rings. The summed E-state index contributed by atoms with van der Waals surface area (Å²) in [5, 5.41) is 10.6. The summed E-state index contributed by atoms with van der Waals surface area (Å²) in [5.74, 6) is 1.14. The summed E-state index contributed by atoms with van der Waals surface area (Å²) >= 11 is 3.36. The number of non-ortho nitro benzene ring substituents is 1. The van der Waals surface area contributed by atoms with Gasteiger partial charge in [0.15, 0.2) is 0 Å². The zero-order valence-corrected chi connectivity index (χ0v) is 10.4. The van der Waals surface area contributed by atoms with E-state index >= 15 is 0 Å². The second kappa shape index (κ2) is 5.14. The summed E-state index contributed by atoms with van der Waals surface area (Å²) in [5.41, 5.74) is 0.0218. The normalized spacial score (nSPS) is 14.9. The van der Waals surface area contributed by atoms with Crippen molar-refractivity contribution in [2.24, 2.45) is 0 Å². The minimum atomic E-state index is -0.443. The van der Waals surface area contributed by atoms with Crippen molar-refractivity contribution in [1.29, 1.82) is 0 Å². The van der Waals surface area contributed by atoms with Crippen molar-refractivity contribution in [1.82, 2.24) is 0 Å². The highest BCUT2D eigenvalue weighted by Crippen LogP contribution is 2.25. The average Bonchev–Trinajstić information content (AvgIpc) is 2.29. The van der Waals surface area contributed by atoms with Gasteiger partial charge in [-0.1, -0.05) is 22.0 Å². The van der Waals surface area contributed by atoms with Crippen LogP contribution in [0.25, 0.3) is 0 Å². The number of halogens is 1. The third kappa shape index (κ3) is 3.17. The molecule has 1 aromatic rings. The lowest BCUT2D eigenvalue weighted by atomic mass is 10.2. The molecule has 0 aromatic heterocycles. The molecule has 0 atom stereocenters. The van der Waals surface area contributed by atoms with E-state index < -0.39 is 4.92 Å². The molecule has 0 saturated heterocycles. The highest BCUT2D eigenvalue weighted by atomic mass is 79.9. The van der Waals surface area contributed by atoms with E-state index in [-0.39, 0.29) is 5.69 Å². The molecule has 17 heavy (non-hydrogen) atoms. The number of hydrogen-bond donors (Lipinski definition) is 0. The van der Waals surface area contributed by atoms with Gasteiger partial charge in [-0.25, -0.2) is 0 Å². The Morgan fingerprint density at radius 2 is 2.24 bits per heavy atom. The number of nitro groups is 1. The highest BCUT2D eigenvalue weighted by Gasteiger charge is 2.09. The number of nitro benzene ring substituents is 1. The number of rotatable bonds is 3. The molecule has 0 aliphatic heterocycles. The quantitative estimate of drug-likeness (QED) is 0.630. The molecule has 0 heterocycles. The summed E-state index contributed by atoms with van der Waals surface area (Å²) < 4.78 is 6.49. The summed E-state index contributed by atoms with van der Waals surface area (Å²) in [7, 11) is 0. The van der Waals surface area contributed by atoms with Gasteiger partial charge in [0.25, 0.3) is 5.69 Å². The Bertz CT molecular complexity index is 508. The van der Waals surface area contributed by atoms with Crippen molar-refractivity contribution in [3.8, 4) is 5.75 Å². The van der Waals surface area contributed by atoms with Crippen LogP contribution in [0, 0.1) is 16.5 Å². The number of allylic oxidation sites excluding steroid dienone is 3. The van der Waals surface area contributed by atoms with Crippen LogP contribution >= 0.6 is 15.9 Å². The van der Waals surface area contributed by atoms with Crippen molar-refractivity contribution in [2.45, 2.75) is 6.42 Å². The molecule has 0 spiro atoms. The topological polar surface area (TPSA) is 52.4 Å². The predicted molar refractivity (Wildman–Crippen MR) is 67.7 cm³/mol. The first kappa shape index (κ1) is 11.9. The van der Waals surface area contributed by atoms with E-state index in [0.29, 0.717) is 11.5 Å². The van der Waals surface area contributed by atoms with Gasteiger partial charge in [0.05, 0.1) is 11.0 Å². The molecule has 0 N–H and O–H groups in total. The Hall–Kier alpha value is -1.62. The first-order valence-corrected chi connectivity index (χ1v) is 5.77. The van der Waals surface area contributed by atoms with Gasteiger partial charge >= 0.3 is 0 Å². The molecule has 1 aromatic carbocycles. The van der Waals surface area contributed by atoms with Gasteiger partial charge in [-0.3, -0.25) is 10.1 Å². The molecule has 0 amide bonds. The Morgan fingerprint density at radius 3 is 2.94 bits per heavy atom. The Balaban J connectivity index is 2.16. The van der Waals surface area contributed by atoms with Gasteiger partial charge < -0.3 is 4.74 Å². The molecule has 1 aliphatic carbocycles. The largest absolute Gasteiger partial charge is 0.457 e. The lowest BCUT2D eigenvalue weighted by molar-refractivity contribution is -0.384. The maximum atomic E-state index is 10.6. The molecule has 1 aliphatic rings. The standard InChI is InChI=1S/C12H9BrNO3/c13-9-3-1-5-11(7-9)17-12-6-2-4-10(8-12)14(15)16/h2-8H,1H2. The number of hydrogen-bond acceptors (Lipinski definition) is 3. The van der Waals surface area contributed by atoms with Crippen molar-refractivity contribution in [2.75, 3.05) is 0 Å². The second-order valence-corrected chi connectivity index (χ2v) is 4.35. The van der Waals surface area contributed by atoms with Crippen molar-refractivity contribution < 1.29 is 9.66 Å². The third-order valence-corrected chi connectivity index (χ3v) is 2.73. The zero-order chi connectivity index (χ0) is 12.3. The van der Waals surface area contributed by atoms with Crippen LogP contribution in [0.3, 0.4) is 0 Å². The summed E-state index contributed by atoms with van der Waals surface area (Å²) in [6.45, 7) is 0. The summed E-state index contributed by atoms with van der Waals surface area (Å²) in [4.78, 5) is 10.2. The first-order valence-electron chi connectivity index (χ1n) is 4.98. The third-order valence-electron chi connectivity index (χ3n) is 2.18. The SMILES string of the molecule is O=[N+]([O-])c1cccc(OC2=CC[CH]C(Br)=C2)c1. The number of benzene rings is 1. The molecule has 87 valence electrons. The van der Waals surface area contributed by atoms with E-state index in [1.54, 1.807) is 12.1 Å². The Kier molecular flexibility index (Phi) is 3.58. The van der Waals surface area contributed by atoms with E-state index in [9.17, 15) is 10.1 Å². The van der Waals surface area contributed by atoms with Crippen LogP contribution in [0.15, 0.2) is 46.7 Å². The first-order chi connectivity index (χ1) is 8.15. The lowest BCUT2D eigenvalue weighted by Crippen LogP contribution is -1.97. The number of nitrogens with zero attached hydrogens (tertiary/aromatic N) is 1. The van der Waals surface area contributed by atoms with Gasteiger partial charge in [0, 0.05) is 17.0 Å². The molecular formula is C12H9BrNO3. The molecule has 0 bridgehead atoms. The Labute approximate surface area is 107 Å². The molecule has 0 saturated carbocycles. The molecular weight excluding hydrogens is 286 g/mol. The van der Waals surface area contributed by atoms with E-state index in [1.165, 1.54) is 12.1 Å². The van der Waals surface area contributed by atoms with Crippen molar-refractivity contribution in [3.05, 3.63) is 63.2 Å². The van der Waals surface area contributed by atoms with Crippen LogP contribution in [-0.2, 0) is 0 Å². The maximum Gasteiger partial charge on any atom is 0.273 e. The van der Waals surface area contributed by atoms with E-state index in [0.717, 1.165) is 10.9 Å². The molecule has 4 nitrogen and oxygen atoms in total. The van der Waals surface area contributed by atoms with E-state index in [4.69, 9.17) is 4.74 Å². The highest BCUT2D eigenvalue weighted by molar-refractivity contribution is 9.11. The molecule has 2 rings (SSSR count). The van der Waals surface area contributed by atoms with E-state index in [1.807, 2.05) is 18.6 Å². The van der Waals surface area contributed by atoms with Gasteiger partial charge in [-0.15, -0.1) is 0 Å². The monoisotopic (exact) mass is 294 g/mol. The van der Waals surface area contributed by atoms with Crippen LogP contribution in [0.2, 0.25) is 0 Å². The van der Waals surface area contributed by atoms with Crippen molar-refractivity contribution in [3.63, 3.8) is 0 Å². The van der Waals surface area contributed by atoms with Crippen LogP contribution in [0.5, 0.6) is 5.75 Å². The van der Waals surface area contributed by atoms with Gasteiger partial charge in [0.2, 0.25) is 0 Å². The van der Waals surface area contributed by atoms with Crippen molar-refractivity contribution >= 4 is 21.6 Å². The molecule has 0 unspecified atom stereocenters. The zero-order valence-electron chi connectivity index (χ0n) is 8.80. The van der Waals surface area contributed by atoms with Crippen LogP contribution in [-0.4, -0.2) is 4.92 Å². The maximum absolute atomic E-state index is 10.6.